The highest BCUT2D eigenvalue weighted by atomic mass is 35.5. The molecular formula is C15H11Cl2NO5. The maximum Gasteiger partial charge on any atom is 0.308 e. The van der Waals surface area contributed by atoms with Gasteiger partial charge in [0.05, 0.1) is 10.7 Å². The molecule has 0 amide bonds. The van der Waals surface area contributed by atoms with Gasteiger partial charge in [-0.3, -0.25) is 14.4 Å². The van der Waals surface area contributed by atoms with Crippen molar-refractivity contribution in [2.45, 2.75) is 13.8 Å². The highest BCUT2D eigenvalue weighted by Crippen LogP contribution is 2.33. The van der Waals surface area contributed by atoms with E-state index < -0.39 is 17.7 Å². The van der Waals surface area contributed by atoms with Gasteiger partial charge in [0.15, 0.2) is 0 Å². The van der Waals surface area contributed by atoms with Crippen LogP contribution < -0.4 is 9.47 Å². The average molecular weight is 356 g/mol. The number of benzene rings is 1. The van der Waals surface area contributed by atoms with Crippen molar-refractivity contribution in [1.29, 1.82) is 0 Å². The second kappa shape index (κ2) is 6.85. The van der Waals surface area contributed by atoms with Crippen molar-refractivity contribution in [1.82, 2.24) is 4.98 Å². The summed E-state index contributed by atoms with van der Waals surface area (Å²) in [7, 11) is 0. The number of hydrogen-bond donors (Lipinski definition) is 1. The van der Waals surface area contributed by atoms with Crippen LogP contribution in [0.15, 0.2) is 24.3 Å². The summed E-state index contributed by atoms with van der Waals surface area (Å²) in [5.74, 6) is -1.92. The normalized spacial score (nSPS) is 10.3. The Morgan fingerprint density at radius 3 is 1.91 bits per heavy atom. The van der Waals surface area contributed by atoms with Crippen LogP contribution >= 0.6 is 23.2 Å². The topological polar surface area (TPSA) is 85.5 Å². The fraction of sp³-hybridized carbons (Fsp3) is 0.133. The maximum absolute atomic E-state index is 12.7. The molecule has 1 N–H and O–H groups in total. The van der Waals surface area contributed by atoms with E-state index in [4.69, 9.17) is 32.7 Å². The second-order valence-corrected chi connectivity index (χ2v) is 5.28. The predicted octanol–water partition coefficient (Wildman–Crippen LogP) is 3.40. The highest BCUT2D eigenvalue weighted by Gasteiger charge is 2.24. The van der Waals surface area contributed by atoms with Crippen molar-refractivity contribution in [2.24, 2.45) is 0 Å². The SMILES string of the molecule is CC(=O)Oc1cccc(OC(C)=O)c1C(=O)c1cc(Cl)c(Cl)[nH]1. The molecular weight excluding hydrogens is 345 g/mol. The first-order valence-electron chi connectivity index (χ1n) is 6.38. The minimum absolute atomic E-state index is 0.0388. The molecule has 2 aromatic rings. The van der Waals surface area contributed by atoms with Gasteiger partial charge in [0.25, 0.3) is 0 Å². The van der Waals surface area contributed by atoms with Gasteiger partial charge in [0.2, 0.25) is 5.78 Å². The van der Waals surface area contributed by atoms with Crippen molar-refractivity contribution in [3.8, 4) is 11.5 Å². The van der Waals surface area contributed by atoms with Crippen LogP contribution in [0.4, 0.5) is 0 Å². The van der Waals surface area contributed by atoms with E-state index in [1.165, 1.54) is 38.1 Å². The molecule has 0 radical (unpaired) electrons. The minimum atomic E-state index is -0.624. The van der Waals surface area contributed by atoms with Gasteiger partial charge in [0.1, 0.15) is 22.2 Å². The van der Waals surface area contributed by atoms with E-state index in [1.54, 1.807) is 0 Å². The molecule has 1 heterocycles. The van der Waals surface area contributed by atoms with E-state index in [9.17, 15) is 14.4 Å². The molecule has 0 aliphatic rings. The van der Waals surface area contributed by atoms with Crippen molar-refractivity contribution < 1.29 is 23.9 Å². The number of carbonyl (C=O) groups is 3. The Morgan fingerprint density at radius 1 is 1.00 bits per heavy atom. The second-order valence-electron chi connectivity index (χ2n) is 4.49. The Labute approximate surface area is 141 Å². The molecule has 2 rings (SSSR count). The number of esters is 2. The number of ether oxygens (including phenoxy) is 2. The minimum Gasteiger partial charge on any atom is -0.426 e. The summed E-state index contributed by atoms with van der Waals surface area (Å²) in [4.78, 5) is 37.7. The van der Waals surface area contributed by atoms with Crippen molar-refractivity contribution in [2.75, 3.05) is 0 Å². The number of nitrogens with one attached hydrogen (secondary N) is 1. The van der Waals surface area contributed by atoms with Crippen LogP contribution in [-0.2, 0) is 9.59 Å². The summed E-state index contributed by atoms with van der Waals surface area (Å²) in [5.41, 5.74) is -0.0273. The predicted molar refractivity (Wildman–Crippen MR) is 83.3 cm³/mol. The fourth-order valence-corrected chi connectivity index (χ4v) is 2.19. The van der Waals surface area contributed by atoms with Crippen molar-refractivity contribution in [3.05, 3.63) is 45.7 Å². The lowest BCUT2D eigenvalue weighted by atomic mass is 10.1. The van der Waals surface area contributed by atoms with Gasteiger partial charge in [-0.1, -0.05) is 29.3 Å². The summed E-state index contributed by atoms with van der Waals surface area (Å²) in [6, 6.07) is 5.64. The van der Waals surface area contributed by atoms with Crippen LogP contribution in [0.2, 0.25) is 10.2 Å². The zero-order valence-electron chi connectivity index (χ0n) is 12.1. The molecule has 0 bridgehead atoms. The van der Waals surface area contributed by atoms with E-state index in [0.717, 1.165) is 0 Å². The van der Waals surface area contributed by atoms with Crippen LogP contribution in [0.3, 0.4) is 0 Å². The lowest BCUT2D eigenvalue weighted by molar-refractivity contribution is -0.132. The van der Waals surface area contributed by atoms with Crippen molar-refractivity contribution >= 4 is 40.9 Å². The fourth-order valence-electron chi connectivity index (χ4n) is 1.88. The maximum atomic E-state index is 12.7. The zero-order chi connectivity index (χ0) is 17.1. The number of rotatable bonds is 4. The largest absolute Gasteiger partial charge is 0.426 e. The lowest BCUT2D eigenvalue weighted by Gasteiger charge is -2.12. The first-order chi connectivity index (χ1) is 10.8. The smallest absolute Gasteiger partial charge is 0.308 e. The summed E-state index contributed by atoms with van der Waals surface area (Å²) in [6.45, 7) is 2.38. The number of H-pyrrole nitrogens is 1. The average Bonchev–Trinajstić information content (AvgIpc) is 2.77. The lowest BCUT2D eigenvalue weighted by Crippen LogP contribution is -2.13. The van der Waals surface area contributed by atoms with E-state index >= 15 is 0 Å². The molecule has 0 atom stereocenters. The van der Waals surface area contributed by atoms with Crippen LogP contribution in [0.5, 0.6) is 11.5 Å². The van der Waals surface area contributed by atoms with Gasteiger partial charge in [-0.2, -0.15) is 0 Å². The van der Waals surface area contributed by atoms with Gasteiger partial charge in [-0.25, -0.2) is 0 Å². The molecule has 6 nitrogen and oxygen atoms in total. The molecule has 0 saturated carbocycles. The molecule has 0 aliphatic carbocycles. The quantitative estimate of drug-likeness (QED) is 0.516. The Morgan fingerprint density at radius 2 is 1.52 bits per heavy atom. The van der Waals surface area contributed by atoms with Crippen LogP contribution in [-0.4, -0.2) is 22.7 Å². The Balaban J connectivity index is 2.57. The molecule has 0 aliphatic heterocycles. The standard InChI is InChI=1S/C15H11Cl2NO5/c1-7(19)22-11-4-3-5-12(23-8(2)20)13(11)14(21)10-6-9(16)15(17)18-10/h3-6,18H,1-2H3. The van der Waals surface area contributed by atoms with Crippen LogP contribution in [0, 0.1) is 0 Å². The first-order valence-corrected chi connectivity index (χ1v) is 7.13. The van der Waals surface area contributed by atoms with Crippen LogP contribution in [0.1, 0.15) is 29.9 Å². The van der Waals surface area contributed by atoms with E-state index in [1.807, 2.05) is 0 Å². The number of halogens is 2. The van der Waals surface area contributed by atoms with Gasteiger partial charge >= 0.3 is 11.9 Å². The monoisotopic (exact) mass is 355 g/mol. The third-order valence-electron chi connectivity index (χ3n) is 2.69. The third kappa shape index (κ3) is 3.91. The molecule has 23 heavy (non-hydrogen) atoms. The first kappa shape index (κ1) is 17.1. The molecule has 120 valence electrons. The number of aromatic nitrogens is 1. The van der Waals surface area contributed by atoms with Gasteiger partial charge in [-0.15, -0.1) is 0 Å². The number of ketones is 1. The number of aromatic amines is 1. The number of hydrogen-bond acceptors (Lipinski definition) is 5. The summed E-state index contributed by atoms with van der Waals surface area (Å²) < 4.78 is 10.0. The Kier molecular flexibility index (Phi) is 5.08. The van der Waals surface area contributed by atoms with Crippen molar-refractivity contribution in [3.63, 3.8) is 0 Å². The van der Waals surface area contributed by atoms with E-state index in [0.29, 0.717) is 0 Å². The van der Waals surface area contributed by atoms with Gasteiger partial charge in [0, 0.05) is 13.8 Å². The Hall–Kier alpha value is -2.31. The molecule has 0 saturated heterocycles. The zero-order valence-corrected chi connectivity index (χ0v) is 13.6. The van der Waals surface area contributed by atoms with Gasteiger partial charge < -0.3 is 14.5 Å². The highest BCUT2D eigenvalue weighted by molar-refractivity contribution is 6.42. The Bertz CT molecular complexity index is 743. The summed E-state index contributed by atoms with van der Waals surface area (Å²) in [6.07, 6.45) is 0. The summed E-state index contributed by atoms with van der Waals surface area (Å²) in [5, 5.41) is 0.253. The van der Waals surface area contributed by atoms with E-state index in [2.05, 4.69) is 4.98 Å². The molecule has 0 fully saturated rings. The summed E-state index contributed by atoms with van der Waals surface area (Å²) >= 11 is 11.6. The molecule has 0 spiro atoms. The third-order valence-corrected chi connectivity index (χ3v) is 3.39. The van der Waals surface area contributed by atoms with Crippen LogP contribution in [0.25, 0.3) is 0 Å². The molecule has 1 aromatic carbocycles. The van der Waals surface area contributed by atoms with E-state index in [-0.39, 0.29) is 32.9 Å². The molecule has 1 aromatic heterocycles. The van der Waals surface area contributed by atoms with Gasteiger partial charge in [-0.05, 0) is 18.2 Å². The molecule has 8 heteroatoms. The molecule has 0 unspecified atom stereocenters. The number of carbonyl (C=O) groups excluding carboxylic acids is 3.